The largest absolute Gasteiger partial charge is 0.478 e. The summed E-state index contributed by atoms with van der Waals surface area (Å²) in [6.07, 6.45) is 15.3. The monoisotopic (exact) mass is 342 g/mol. The van der Waals surface area contributed by atoms with Crippen LogP contribution in [-0.4, -0.2) is 11.1 Å². The molecule has 0 saturated heterocycles. The maximum absolute atomic E-state index is 10.7. The Morgan fingerprint density at radius 2 is 1.84 bits per heavy atom. The molecule has 1 aliphatic carbocycles. The van der Waals surface area contributed by atoms with Gasteiger partial charge in [0.1, 0.15) is 0 Å². The van der Waals surface area contributed by atoms with Gasteiger partial charge in [-0.25, -0.2) is 4.79 Å². The third kappa shape index (κ3) is 6.89. The number of carbonyl (C=O) groups is 1. The van der Waals surface area contributed by atoms with Crippen molar-refractivity contribution in [2.45, 2.75) is 67.7 Å². The lowest BCUT2D eigenvalue weighted by atomic mass is 9.72. The van der Waals surface area contributed by atoms with Gasteiger partial charge in [-0.15, -0.1) is 0 Å². The van der Waals surface area contributed by atoms with E-state index in [0.717, 1.165) is 5.57 Å². The van der Waals surface area contributed by atoms with Gasteiger partial charge in [0.25, 0.3) is 0 Å². The Morgan fingerprint density at radius 1 is 1.20 bits per heavy atom. The van der Waals surface area contributed by atoms with Crippen molar-refractivity contribution in [3.05, 3.63) is 58.7 Å². The van der Waals surface area contributed by atoms with Crippen LogP contribution in [0, 0.1) is 10.8 Å². The second-order valence-electron chi connectivity index (χ2n) is 8.72. The SMILES string of the molecule is CC1=C(/C=C/C(=C\C=C\C(C)=C\C(=O)O)C(C)(C)C)C(C)(C)CCC1. The van der Waals surface area contributed by atoms with Gasteiger partial charge < -0.3 is 5.11 Å². The summed E-state index contributed by atoms with van der Waals surface area (Å²) in [7, 11) is 0. The minimum absolute atomic E-state index is 0.0263. The van der Waals surface area contributed by atoms with E-state index in [4.69, 9.17) is 5.11 Å². The lowest BCUT2D eigenvalue weighted by molar-refractivity contribution is -0.131. The van der Waals surface area contributed by atoms with Crippen LogP contribution in [0.5, 0.6) is 0 Å². The zero-order valence-corrected chi connectivity index (χ0v) is 16.9. The summed E-state index contributed by atoms with van der Waals surface area (Å²) in [6.45, 7) is 15.3. The predicted molar refractivity (Wildman–Crippen MR) is 108 cm³/mol. The zero-order chi connectivity index (χ0) is 19.3. The second kappa shape index (κ2) is 8.51. The van der Waals surface area contributed by atoms with Crippen molar-refractivity contribution in [1.82, 2.24) is 0 Å². The number of hydrogen-bond acceptors (Lipinski definition) is 1. The summed E-state index contributed by atoms with van der Waals surface area (Å²) >= 11 is 0. The molecule has 0 heterocycles. The van der Waals surface area contributed by atoms with Crippen LogP contribution in [0.25, 0.3) is 0 Å². The Bertz CT molecular complexity index is 644. The molecular formula is C23H34O2. The van der Waals surface area contributed by atoms with Crippen LogP contribution in [0.1, 0.15) is 67.7 Å². The summed E-state index contributed by atoms with van der Waals surface area (Å²) in [5.41, 5.74) is 5.18. The molecule has 0 aliphatic heterocycles. The maximum atomic E-state index is 10.7. The summed E-state index contributed by atoms with van der Waals surface area (Å²) < 4.78 is 0. The van der Waals surface area contributed by atoms with Gasteiger partial charge in [-0.2, -0.15) is 0 Å². The quantitative estimate of drug-likeness (QED) is 0.450. The first-order valence-corrected chi connectivity index (χ1v) is 9.12. The van der Waals surface area contributed by atoms with Gasteiger partial charge in [-0.3, -0.25) is 0 Å². The Morgan fingerprint density at radius 3 is 2.36 bits per heavy atom. The molecule has 0 aromatic carbocycles. The molecule has 25 heavy (non-hydrogen) atoms. The molecule has 0 aromatic heterocycles. The molecule has 2 nitrogen and oxygen atoms in total. The van der Waals surface area contributed by atoms with Crippen LogP contribution < -0.4 is 0 Å². The number of carboxylic acids is 1. The number of allylic oxidation sites excluding steroid dienone is 9. The van der Waals surface area contributed by atoms with Gasteiger partial charge in [-0.1, -0.05) is 70.6 Å². The summed E-state index contributed by atoms with van der Waals surface area (Å²) in [6, 6.07) is 0. The molecular weight excluding hydrogens is 308 g/mol. The number of hydrogen-bond donors (Lipinski definition) is 1. The van der Waals surface area contributed by atoms with Crippen molar-refractivity contribution in [1.29, 1.82) is 0 Å². The van der Waals surface area contributed by atoms with Crippen LogP contribution in [0.2, 0.25) is 0 Å². The van der Waals surface area contributed by atoms with Gasteiger partial charge in [0.15, 0.2) is 0 Å². The van der Waals surface area contributed by atoms with Crippen molar-refractivity contribution in [2.75, 3.05) is 0 Å². The van der Waals surface area contributed by atoms with Crippen molar-refractivity contribution in [2.24, 2.45) is 10.8 Å². The summed E-state index contributed by atoms with van der Waals surface area (Å²) in [4.78, 5) is 10.7. The summed E-state index contributed by atoms with van der Waals surface area (Å²) in [5, 5.41) is 8.78. The first kappa shape index (κ1) is 21.2. The van der Waals surface area contributed by atoms with Gasteiger partial charge in [0.2, 0.25) is 0 Å². The first-order chi connectivity index (χ1) is 11.4. The molecule has 138 valence electrons. The molecule has 2 heteroatoms. The molecule has 1 aliphatic rings. The molecule has 1 rings (SSSR count). The van der Waals surface area contributed by atoms with E-state index >= 15 is 0 Å². The Balaban J connectivity index is 3.11. The molecule has 1 N–H and O–H groups in total. The Hall–Kier alpha value is -1.83. The fourth-order valence-electron chi connectivity index (χ4n) is 3.29. The van der Waals surface area contributed by atoms with Crippen molar-refractivity contribution >= 4 is 5.97 Å². The van der Waals surface area contributed by atoms with E-state index < -0.39 is 5.97 Å². The lowest BCUT2D eigenvalue weighted by Gasteiger charge is -2.33. The Labute approximate surface area is 153 Å². The molecule has 0 atom stereocenters. The van der Waals surface area contributed by atoms with E-state index in [0.29, 0.717) is 0 Å². The molecule has 0 unspecified atom stereocenters. The average molecular weight is 343 g/mol. The van der Waals surface area contributed by atoms with E-state index in [2.05, 4.69) is 59.8 Å². The molecule has 0 spiro atoms. The molecule has 0 aromatic rings. The van der Waals surface area contributed by atoms with Crippen LogP contribution >= 0.6 is 0 Å². The topological polar surface area (TPSA) is 37.3 Å². The van der Waals surface area contributed by atoms with E-state index in [1.807, 2.05) is 12.2 Å². The number of carboxylic acid groups (broad SMARTS) is 1. The predicted octanol–water partition coefficient (Wildman–Crippen LogP) is 6.63. The third-order valence-corrected chi connectivity index (χ3v) is 4.82. The van der Waals surface area contributed by atoms with E-state index in [1.165, 1.54) is 42.1 Å². The summed E-state index contributed by atoms with van der Waals surface area (Å²) in [5.74, 6) is -0.913. The first-order valence-electron chi connectivity index (χ1n) is 9.12. The van der Waals surface area contributed by atoms with Crippen LogP contribution in [-0.2, 0) is 4.79 Å². The van der Waals surface area contributed by atoms with Gasteiger partial charge in [-0.05, 0) is 60.7 Å². The third-order valence-electron chi connectivity index (χ3n) is 4.82. The normalized spacial score (nSPS) is 20.0. The minimum Gasteiger partial charge on any atom is -0.478 e. The van der Waals surface area contributed by atoms with Gasteiger partial charge in [0, 0.05) is 6.08 Å². The van der Waals surface area contributed by atoms with Gasteiger partial charge in [0.05, 0.1) is 0 Å². The molecule has 0 amide bonds. The number of rotatable bonds is 5. The minimum atomic E-state index is -0.913. The Kier molecular flexibility index (Phi) is 7.22. The van der Waals surface area contributed by atoms with Crippen molar-refractivity contribution in [3.8, 4) is 0 Å². The highest BCUT2D eigenvalue weighted by Crippen LogP contribution is 2.41. The number of aliphatic carboxylic acids is 1. The molecule has 0 radical (unpaired) electrons. The second-order valence-corrected chi connectivity index (χ2v) is 8.72. The fourth-order valence-corrected chi connectivity index (χ4v) is 3.29. The van der Waals surface area contributed by atoms with E-state index in [-0.39, 0.29) is 10.8 Å². The van der Waals surface area contributed by atoms with Crippen molar-refractivity contribution in [3.63, 3.8) is 0 Å². The molecule has 0 saturated carbocycles. The highest BCUT2D eigenvalue weighted by molar-refractivity contribution is 5.81. The lowest BCUT2D eigenvalue weighted by Crippen LogP contribution is -2.19. The standard InChI is InChI=1S/C23H34O2/c1-17(16-21(24)25)10-8-12-19(22(3,4)5)13-14-20-18(2)11-9-15-23(20,6)7/h8,10,12-14,16H,9,11,15H2,1-7H3,(H,24,25)/b10-8+,14-13+,17-16+,19-12+. The van der Waals surface area contributed by atoms with E-state index in [1.54, 1.807) is 6.92 Å². The average Bonchev–Trinajstić information content (AvgIpc) is 2.42. The smallest absolute Gasteiger partial charge is 0.328 e. The highest BCUT2D eigenvalue weighted by Gasteiger charge is 2.26. The van der Waals surface area contributed by atoms with Crippen LogP contribution in [0.4, 0.5) is 0 Å². The van der Waals surface area contributed by atoms with E-state index in [9.17, 15) is 4.79 Å². The maximum Gasteiger partial charge on any atom is 0.328 e. The fraction of sp³-hybridized carbons (Fsp3) is 0.522. The zero-order valence-electron chi connectivity index (χ0n) is 16.9. The van der Waals surface area contributed by atoms with Gasteiger partial charge >= 0.3 is 5.97 Å². The molecule has 0 fully saturated rings. The van der Waals surface area contributed by atoms with Crippen LogP contribution in [0.3, 0.4) is 0 Å². The highest BCUT2D eigenvalue weighted by atomic mass is 16.4. The van der Waals surface area contributed by atoms with Crippen molar-refractivity contribution < 1.29 is 9.90 Å². The van der Waals surface area contributed by atoms with Crippen LogP contribution in [0.15, 0.2) is 58.7 Å². The molecule has 0 bridgehead atoms.